The zero-order valence-electron chi connectivity index (χ0n) is 23.7. The number of fused-ring (bicyclic) bond motifs is 2. The second-order valence-corrected chi connectivity index (χ2v) is 10.1. The van der Waals surface area contributed by atoms with Gasteiger partial charge < -0.3 is 21.3 Å². The smallest absolute Gasteiger partial charge is 0.248 e. The number of nitrogens with zero attached hydrogens (tertiary/aromatic N) is 6. The van der Waals surface area contributed by atoms with Gasteiger partial charge in [0.15, 0.2) is 35.1 Å². The number of hydrogen-bond donors (Lipinski definition) is 3. The maximum absolute atomic E-state index is 10.8. The Hall–Kier alpha value is -6.04. The van der Waals surface area contributed by atoms with E-state index in [4.69, 9.17) is 26.2 Å². The third kappa shape index (κ3) is 5.20. The Balaban J connectivity index is 0.000000208. The highest BCUT2D eigenvalue weighted by Crippen LogP contribution is 2.33. The van der Waals surface area contributed by atoms with Gasteiger partial charge in [0.2, 0.25) is 5.91 Å². The zero-order valence-corrected chi connectivity index (χ0v) is 23.7. The van der Waals surface area contributed by atoms with E-state index in [1.165, 1.54) is 36.8 Å². The summed E-state index contributed by atoms with van der Waals surface area (Å²) in [4.78, 5) is 35.4. The summed E-state index contributed by atoms with van der Waals surface area (Å²) in [5.41, 5.74) is 17.5. The predicted octanol–water partition coefficient (Wildman–Crippen LogP) is 4.05. The number of aldehydes is 1. The largest absolute Gasteiger partial charge is 0.504 e. The number of nitrogen functional groups attached to an aromatic ring is 1. The fourth-order valence-corrected chi connectivity index (χ4v) is 5.23. The normalized spacial score (nSPS) is 11.9. The van der Waals surface area contributed by atoms with E-state index in [9.17, 15) is 14.7 Å². The van der Waals surface area contributed by atoms with E-state index in [0.717, 1.165) is 46.9 Å². The summed E-state index contributed by atoms with van der Waals surface area (Å²) < 4.78 is 8.59. The van der Waals surface area contributed by atoms with Gasteiger partial charge in [0.1, 0.15) is 11.3 Å². The molecule has 0 saturated heterocycles. The average Bonchev–Trinajstić information content (AvgIpc) is 3.81. The summed E-state index contributed by atoms with van der Waals surface area (Å²) in [5.74, 6) is 0.976. The Morgan fingerprint density at radius 2 is 1.86 bits per heavy atom. The molecule has 0 saturated carbocycles. The molecule has 220 valence electrons. The Morgan fingerprint density at radius 1 is 1.02 bits per heavy atom. The third-order valence-electron chi connectivity index (χ3n) is 7.38. The van der Waals surface area contributed by atoms with Gasteiger partial charge in [-0.25, -0.2) is 19.6 Å². The van der Waals surface area contributed by atoms with Crippen LogP contribution in [0, 0.1) is 0 Å². The number of amides is 1. The van der Waals surface area contributed by atoms with E-state index in [0.29, 0.717) is 12.1 Å². The number of aromatic hydroxyl groups is 1. The van der Waals surface area contributed by atoms with Crippen molar-refractivity contribution in [1.82, 2.24) is 29.3 Å². The quantitative estimate of drug-likeness (QED) is 0.242. The van der Waals surface area contributed by atoms with Crippen molar-refractivity contribution in [3.63, 3.8) is 0 Å². The van der Waals surface area contributed by atoms with Gasteiger partial charge in [0.25, 0.3) is 0 Å². The number of carbonyl (C=O) groups excluding carboxylic acids is 2. The van der Waals surface area contributed by atoms with Gasteiger partial charge in [-0.2, -0.15) is 5.10 Å². The molecule has 0 aliphatic heterocycles. The number of anilines is 1. The molecule has 12 nitrogen and oxygen atoms in total. The third-order valence-corrected chi connectivity index (χ3v) is 7.38. The Labute approximate surface area is 251 Å². The van der Waals surface area contributed by atoms with Gasteiger partial charge in [0, 0.05) is 29.8 Å². The summed E-state index contributed by atoms with van der Waals surface area (Å²) in [6.45, 7) is 0. The van der Waals surface area contributed by atoms with Crippen molar-refractivity contribution >= 4 is 29.2 Å². The van der Waals surface area contributed by atoms with Crippen molar-refractivity contribution < 1.29 is 19.4 Å². The van der Waals surface area contributed by atoms with Gasteiger partial charge in [-0.15, -0.1) is 0 Å². The number of rotatable bonds is 6. The fraction of sp³-hybridized carbons (Fsp3) is 0.125. The van der Waals surface area contributed by atoms with Crippen LogP contribution in [0.15, 0.2) is 79.3 Å². The van der Waals surface area contributed by atoms with Crippen LogP contribution >= 0.6 is 0 Å². The molecule has 1 aliphatic carbocycles. The molecule has 2 aromatic carbocycles. The average molecular weight is 589 g/mol. The van der Waals surface area contributed by atoms with Crippen LogP contribution in [0.2, 0.25) is 0 Å². The SMILES string of the molecule is COc1cc(C(N)=O)cc(C=O)c1O.Nc1ncccc1-c1nc2ccc(-n3cccn3)nc2n1-c1ccc2c(c1)CCC2. The standard InChI is InChI=1S/C23H19N7.C9H9NO4/c24-21-18(6-2-11-25-21)22-27-19-9-10-20(29-13-3-12-26-29)28-23(19)30(22)17-8-7-15-4-1-5-16(15)14-17;1-14-7-3-5(9(10)13)2-6(4-11)8(7)12/h2-3,6-14H,1,4-5H2,(H2,24,25);2-4,12H,1H3,(H2,10,13). The lowest BCUT2D eigenvalue weighted by molar-refractivity contribution is 0.1000. The van der Waals surface area contributed by atoms with Crippen LogP contribution in [0.25, 0.3) is 34.1 Å². The van der Waals surface area contributed by atoms with E-state index in [-0.39, 0.29) is 22.6 Å². The molecule has 1 aliphatic rings. The summed E-state index contributed by atoms with van der Waals surface area (Å²) in [7, 11) is 1.31. The molecule has 12 heteroatoms. The molecule has 7 rings (SSSR count). The number of carbonyl (C=O) groups is 2. The number of ether oxygens (including phenoxy) is 1. The first-order valence-corrected chi connectivity index (χ1v) is 13.8. The number of primary amides is 1. The maximum atomic E-state index is 10.8. The summed E-state index contributed by atoms with van der Waals surface area (Å²) in [5, 5.41) is 13.7. The second kappa shape index (κ2) is 11.7. The van der Waals surface area contributed by atoms with E-state index < -0.39 is 5.91 Å². The Bertz CT molecular complexity index is 2020. The number of methoxy groups -OCH3 is 1. The highest BCUT2D eigenvalue weighted by atomic mass is 16.5. The number of aryl methyl sites for hydroxylation is 2. The number of imidazole rings is 1. The fourth-order valence-electron chi connectivity index (χ4n) is 5.23. The molecule has 6 aromatic rings. The Kier molecular flexibility index (Phi) is 7.46. The van der Waals surface area contributed by atoms with E-state index in [1.807, 2.05) is 36.5 Å². The van der Waals surface area contributed by atoms with Crippen molar-refractivity contribution in [3.05, 3.63) is 102 Å². The molecule has 0 bridgehead atoms. The van der Waals surface area contributed by atoms with Crippen molar-refractivity contribution in [2.75, 3.05) is 12.8 Å². The molecule has 0 unspecified atom stereocenters. The van der Waals surface area contributed by atoms with E-state index in [1.54, 1.807) is 17.1 Å². The van der Waals surface area contributed by atoms with Crippen LogP contribution in [-0.4, -0.2) is 53.7 Å². The minimum Gasteiger partial charge on any atom is -0.504 e. The predicted molar refractivity (Wildman–Crippen MR) is 164 cm³/mol. The maximum Gasteiger partial charge on any atom is 0.248 e. The van der Waals surface area contributed by atoms with Crippen molar-refractivity contribution in [2.45, 2.75) is 19.3 Å². The van der Waals surface area contributed by atoms with Crippen LogP contribution in [0.1, 0.15) is 38.3 Å². The van der Waals surface area contributed by atoms with Crippen LogP contribution in [0.5, 0.6) is 11.5 Å². The number of hydrogen-bond acceptors (Lipinski definition) is 9. The monoisotopic (exact) mass is 588 g/mol. The number of benzene rings is 2. The molecule has 1 amide bonds. The van der Waals surface area contributed by atoms with Crippen LogP contribution < -0.4 is 16.2 Å². The minimum absolute atomic E-state index is 0.0295. The zero-order chi connectivity index (χ0) is 30.8. The molecule has 0 atom stereocenters. The number of pyridine rings is 2. The highest BCUT2D eigenvalue weighted by Gasteiger charge is 2.20. The molecule has 44 heavy (non-hydrogen) atoms. The number of phenols is 1. The van der Waals surface area contributed by atoms with Crippen molar-refractivity contribution in [3.8, 4) is 34.4 Å². The van der Waals surface area contributed by atoms with Gasteiger partial charge in [-0.3, -0.25) is 14.2 Å². The first-order valence-electron chi connectivity index (χ1n) is 13.8. The van der Waals surface area contributed by atoms with Gasteiger partial charge >= 0.3 is 0 Å². The second-order valence-electron chi connectivity index (χ2n) is 10.1. The van der Waals surface area contributed by atoms with Gasteiger partial charge in [-0.05, 0) is 85.0 Å². The lowest BCUT2D eigenvalue weighted by Gasteiger charge is -2.12. The molecule has 0 spiro atoms. The van der Waals surface area contributed by atoms with E-state index in [2.05, 4.69) is 32.8 Å². The molecular weight excluding hydrogens is 560 g/mol. The number of aromatic nitrogens is 6. The van der Waals surface area contributed by atoms with Gasteiger partial charge in [0.05, 0.1) is 18.2 Å². The number of nitrogens with two attached hydrogens (primary N) is 2. The number of phenolic OH excluding ortho intramolecular Hbond substituents is 1. The molecule has 4 heterocycles. The summed E-state index contributed by atoms with van der Waals surface area (Å²) in [6, 6.07) is 18.7. The van der Waals surface area contributed by atoms with E-state index >= 15 is 0 Å². The summed E-state index contributed by atoms with van der Waals surface area (Å²) in [6.07, 6.45) is 9.18. The lowest BCUT2D eigenvalue weighted by Crippen LogP contribution is -2.11. The molecule has 0 fully saturated rings. The first kappa shape index (κ1) is 28.1. The molecular formula is C32H28N8O4. The minimum atomic E-state index is -0.689. The van der Waals surface area contributed by atoms with Gasteiger partial charge in [-0.1, -0.05) is 6.07 Å². The van der Waals surface area contributed by atoms with Crippen LogP contribution in [0.4, 0.5) is 5.82 Å². The molecule has 4 aromatic heterocycles. The van der Waals surface area contributed by atoms with Crippen molar-refractivity contribution in [1.29, 1.82) is 0 Å². The molecule has 5 N–H and O–H groups in total. The van der Waals surface area contributed by atoms with Crippen LogP contribution in [-0.2, 0) is 12.8 Å². The van der Waals surface area contributed by atoms with Crippen LogP contribution in [0.3, 0.4) is 0 Å². The molecule has 0 radical (unpaired) electrons. The Morgan fingerprint density at radius 3 is 2.59 bits per heavy atom. The first-order chi connectivity index (χ1) is 21.4. The summed E-state index contributed by atoms with van der Waals surface area (Å²) >= 11 is 0. The lowest BCUT2D eigenvalue weighted by atomic mass is 10.1. The van der Waals surface area contributed by atoms with Crippen molar-refractivity contribution in [2.24, 2.45) is 5.73 Å². The highest BCUT2D eigenvalue weighted by molar-refractivity contribution is 5.96. The topological polar surface area (TPSA) is 177 Å².